The van der Waals surface area contributed by atoms with Crippen LogP contribution >= 0.6 is 0 Å². The number of aryl methyl sites for hydroxylation is 1. The molecule has 0 saturated carbocycles. The van der Waals surface area contributed by atoms with Crippen LogP contribution in [0, 0.1) is 6.92 Å². The number of pyridine rings is 1. The first-order valence-electron chi connectivity index (χ1n) is 15.1. The van der Waals surface area contributed by atoms with Crippen LogP contribution in [0.4, 0.5) is 5.69 Å². The van der Waals surface area contributed by atoms with Crippen LogP contribution in [-0.4, -0.2) is 82.4 Å². The highest BCUT2D eigenvalue weighted by atomic mass is 16.5. The molecular weight excluding hydrogens is 588 g/mol. The smallest absolute Gasteiger partial charge is 0.270 e. The van der Waals surface area contributed by atoms with E-state index in [9.17, 15) is 19.2 Å². The van der Waals surface area contributed by atoms with Crippen LogP contribution in [0.25, 0.3) is 11.4 Å². The molecular formula is C33H36N8O5. The first-order valence-corrected chi connectivity index (χ1v) is 15.1. The second kappa shape index (κ2) is 15.4. The fraction of sp³-hybridized carbons (Fsp3) is 0.303. The second-order valence-corrected chi connectivity index (χ2v) is 10.8. The van der Waals surface area contributed by atoms with Crippen molar-refractivity contribution in [3.05, 3.63) is 95.6 Å². The Morgan fingerprint density at radius 2 is 1.76 bits per heavy atom. The molecule has 13 heteroatoms. The molecule has 46 heavy (non-hydrogen) atoms. The largest absolute Gasteiger partial charge is 0.383 e. The molecule has 4 aromatic rings. The summed E-state index contributed by atoms with van der Waals surface area (Å²) in [5.74, 6) is -0.537. The molecule has 1 aliphatic rings. The van der Waals surface area contributed by atoms with E-state index in [0.29, 0.717) is 48.0 Å². The normalized spacial score (nSPS) is 16.9. The fourth-order valence-electron chi connectivity index (χ4n) is 5.03. The number of nitrogens with one attached hydrogen (secondary N) is 4. The molecule has 0 unspecified atom stereocenters. The van der Waals surface area contributed by atoms with Crippen molar-refractivity contribution >= 4 is 29.3 Å². The quantitative estimate of drug-likeness (QED) is 0.266. The van der Waals surface area contributed by atoms with E-state index in [4.69, 9.17) is 4.52 Å². The van der Waals surface area contributed by atoms with Gasteiger partial charge in [-0.1, -0.05) is 47.6 Å². The Morgan fingerprint density at radius 1 is 0.935 bits per heavy atom. The van der Waals surface area contributed by atoms with E-state index >= 15 is 0 Å². The Hall–Kier alpha value is -5.59. The highest BCUT2D eigenvalue weighted by molar-refractivity contribution is 5.97. The zero-order chi connectivity index (χ0) is 32.3. The second-order valence-electron chi connectivity index (χ2n) is 10.8. The summed E-state index contributed by atoms with van der Waals surface area (Å²) in [6.07, 6.45) is 2.41. The van der Waals surface area contributed by atoms with Crippen molar-refractivity contribution in [3.8, 4) is 11.4 Å². The van der Waals surface area contributed by atoms with Crippen LogP contribution in [0.1, 0.15) is 45.1 Å². The summed E-state index contributed by atoms with van der Waals surface area (Å²) >= 11 is 0. The number of carbonyl (C=O) groups excluding carboxylic acids is 4. The van der Waals surface area contributed by atoms with E-state index in [1.165, 1.54) is 6.20 Å². The maximum absolute atomic E-state index is 13.7. The number of nitrogens with zero attached hydrogens (tertiary/aromatic N) is 4. The van der Waals surface area contributed by atoms with Crippen molar-refractivity contribution in [2.75, 3.05) is 38.0 Å². The summed E-state index contributed by atoms with van der Waals surface area (Å²) in [5.41, 5.74) is 2.71. The van der Waals surface area contributed by atoms with Gasteiger partial charge in [-0.2, -0.15) is 4.98 Å². The minimum absolute atomic E-state index is 0.124. The summed E-state index contributed by atoms with van der Waals surface area (Å²) in [6, 6.07) is 18.7. The Labute approximate surface area is 266 Å². The van der Waals surface area contributed by atoms with Crippen molar-refractivity contribution in [3.63, 3.8) is 0 Å². The number of carbonyl (C=O) groups is 4. The van der Waals surface area contributed by atoms with Crippen LogP contribution in [0.2, 0.25) is 0 Å². The molecule has 1 atom stereocenters. The Bertz CT molecular complexity index is 1680. The number of hydrogen-bond donors (Lipinski definition) is 4. The molecule has 0 saturated heterocycles. The topological polar surface area (TPSA) is 171 Å². The Morgan fingerprint density at radius 3 is 2.57 bits per heavy atom. The van der Waals surface area contributed by atoms with Gasteiger partial charge in [-0.25, -0.2) is 0 Å². The van der Waals surface area contributed by atoms with Crippen molar-refractivity contribution < 1.29 is 23.7 Å². The average Bonchev–Trinajstić information content (AvgIpc) is 3.51. The predicted octanol–water partition coefficient (Wildman–Crippen LogP) is 2.36. The zero-order valence-electron chi connectivity index (χ0n) is 25.5. The first-order chi connectivity index (χ1) is 22.4. The first kappa shape index (κ1) is 31.8. The Balaban J connectivity index is 1.35. The lowest BCUT2D eigenvalue weighted by molar-refractivity contribution is -0.123. The van der Waals surface area contributed by atoms with E-state index in [-0.39, 0.29) is 50.0 Å². The molecule has 5 rings (SSSR count). The molecule has 3 heterocycles. The minimum atomic E-state index is -0.892. The lowest BCUT2D eigenvalue weighted by atomic mass is 10.0. The van der Waals surface area contributed by atoms with Crippen LogP contribution < -0.4 is 21.3 Å². The highest BCUT2D eigenvalue weighted by Crippen LogP contribution is 2.19. The van der Waals surface area contributed by atoms with Crippen molar-refractivity contribution in [2.24, 2.45) is 0 Å². The number of benzene rings is 2. The molecule has 0 aliphatic carbocycles. The summed E-state index contributed by atoms with van der Waals surface area (Å²) in [7, 11) is 0. The van der Waals surface area contributed by atoms with Gasteiger partial charge in [0.2, 0.25) is 23.5 Å². The van der Waals surface area contributed by atoms with Crippen LogP contribution in [0.15, 0.2) is 77.4 Å². The Kier molecular flexibility index (Phi) is 10.7. The maximum atomic E-state index is 13.7. The van der Waals surface area contributed by atoms with Gasteiger partial charge in [0, 0.05) is 75.5 Å². The number of hydrogen-bond acceptors (Lipinski definition) is 9. The SMILES string of the molecule is Cc1nc(-c2cccc(C(=O)N3CCCC(=O)NCCNc4ccnc(c4)C(=O)N[C@@H](Cc4ccccc4)C(=O)NCC3)c2)no1. The number of anilines is 1. The van der Waals surface area contributed by atoms with Crippen molar-refractivity contribution in [2.45, 2.75) is 32.2 Å². The standard InChI is InChI=1S/C33H36N8O5/c1-22-38-30(40-46-22)24-9-5-10-25(20-24)33(45)41-17-6-11-29(42)36-15-14-34-26-12-13-35-27(21-26)32(44)39-28(31(43)37-16-18-41)19-23-7-3-2-4-8-23/h2-5,7-10,12-13,20-21,28,34H,6,11,14-19H2,1H3,(H,36,42)(H,37,43)(H,39,44)/t28-/m0/s1. The van der Waals surface area contributed by atoms with Gasteiger partial charge in [-0.3, -0.25) is 24.2 Å². The zero-order valence-corrected chi connectivity index (χ0v) is 25.5. The summed E-state index contributed by atoms with van der Waals surface area (Å²) in [6.45, 7) is 3.07. The van der Waals surface area contributed by atoms with Gasteiger partial charge < -0.3 is 30.7 Å². The average molecular weight is 625 g/mol. The monoisotopic (exact) mass is 624 g/mol. The van der Waals surface area contributed by atoms with Gasteiger partial charge in [0.25, 0.3) is 11.8 Å². The van der Waals surface area contributed by atoms with Gasteiger partial charge >= 0.3 is 0 Å². The van der Waals surface area contributed by atoms with Gasteiger partial charge in [-0.15, -0.1) is 0 Å². The lowest BCUT2D eigenvalue weighted by Crippen LogP contribution is -2.50. The summed E-state index contributed by atoms with van der Waals surface area (Å²) in [4.78, 5) is 63.0. The highest BCUT2D eigenvalue weighted by Gasteiger charge is 2.24. The molecule has 1 aliphatic heterocycles. The predicted molar refractivity (Wildman–Crippen MR) is 170 cm³/mol. The van der Waals surface area contributed by atoms with Gasteiger partial charge in [0.05, 0.1) is 0 Å². The molecule has 238 valence electrons. The van der Waals surface area contributed by atoms with E-state index in [1.807, 2.05) is 30.3 Å². The van der Waals surface area contributed by atoms with E-state index in [0.717, 1.165) is 5.56 Å². The number of rotatable bonds is 4. The minimum Gasteiger partial charge on any atom is -0.383 e. The molecule has 0 radical (unpaired) electrons. The van der Waals surface area contributed by atoms with Gasteiger partial charge in [0.1, 0.15) is 11.7 Å². The third-order valence-corrected chi connectivity index (χ3v) is 7.37. The van der Waals surface area contributed by atoms with Crippen LogP contribution in [0.5, 0.6) is 0 Å². The van der Waals surface area contributed by atoms with Crippen molar-refractivity contribution in [1.82, 2.24) is 36.0 Å². The lowest BCUT2D eigenvalue weighted by Gasteiger charge is -2.24. The van der Waals surface area contributed by atoms with Gasteiger partial charge in [0.15, 0.2) is 0 Å². The summed E-state index contributed by atoms with van der Waals surface area (Å²) in [5, 5.41) is 15.7. The summed E-state index contributed by atoms with van der Waals surface area (Å²) < 4.78 is 5.09. The molecule has 2 bridgehead atoms. The molecule has 13 nitrogen and oxygen atoms in total. The third-order valence-electron chi connectivity index (χ3n) is 7.37. The van der Waals surface area contributed by atoms with Crippen LogP contribution in [-0.2, 0) is 16.0 Å². The maximum Gasteiger partial charge on any atom is 0.270 e. The van der Waals surface area contributed by atoms with E-state index in [2.05, 4.69) is 36.4 Å². The van der Waals surface area contributed by atoms with Crippen LogP contribution in [0.3, 0.4) is 0 Å². The van der Waals surface area contributed by atoms with Gasteiger partial charge in [-0.05, 0) is 36.2 Å². The van der Waals surface area contributed by atoms with E-state index in [1.54, 1.807) is 48.2 Å². The molecule has 4 amide bonds. The molecule has 2 aromatic carbocycles. The molecule has 2 aromatic heterocycles. The third kappa shape index (κ3) is 8.74. The fourth-order valence-corrected chi connectivity index (χ4v) is 5.03. The molecule has 0 fully saturated rings. The number of fused-ring (bicyclic) bond motifs is 2. The molecule has 0 spiro atoms. The number of aromatic nitrogens is 3. The molecule has 4 N–H and O–H groups in total. The number of amides is 4. The van der Waals surface area contributed by atoms with E-state index < -0.39 is 17.9 Å². The van der Waals surface area contributed by atoms with Crippen molar-refractivity contribution in [1.29, 1.82) is 0 Å².